The molecule has 1 N–H and O–H groups in total. The Balaban J connectivity index is 2.01. The summed E-state index contributed by atoms with van der Waals surface area (Å²) >= 11 is 0. The number of nitrogens with zero attached hydrogens (tertiary/aromatic N) is 2. The number of amides is 1. The Kier molecular flexibility index (Phi) is 6.39. The van der Waals surface area contributed by atoms with Crippen molar-refractivity contribution < 1.29 is 23.8 Å². The van der Waals surface area contributed by atoms with E-state index in [4.69, 9.17) is 9.15 Å². The van der Waals surface area contributed by atoms with Crippen LogP contribution in [-0.2, 0) is 4.79 Å². The number of rotatable bonds is 9. The fourth-order valence-electron chi connectivity index (χ4n) is 3.50. The third kappa shape index (κ3) is 4.35. The molecule has 0 fully saturated rings. The van der Waals surface area contributed by atoms with Crippen molar-refractivity contribution in [1.29, 1.82) is 0 Å². The number of ether oxygens (including phenoxy) is 1. The molecule has 3 rings (SSSR count). The van der Waals surface area contributed by atoms with Crippen LogP contribution in [0, 0.1) is 0 Å². The lowest BCUT2D eigenvalue weighted by molar-refractivity contribution is -0.129. The van der Waals surface area contributed by atoms with E-state index < -0.39 is 23.5 Å². The smallest absolute Gasteiger partial charge is 0.290 e. The highest BCUT2D eigenvalue weighted by Gasteiger charge is 2.44. The lowest BCUT2D eigenvalue weighted by Crippen LogP contribution is -2.33. The first-order valence-electron chi connectivity index (χ1n) is 9.63. The zero-order valence-corrected chi connectivity index (χ0v) is 16.9. The van der Waals surface area contributed by atoms with Crippen LogP contribution in [0.5, 0.6) is 5.75 Å². The summed E-state index contributed by atoms with van der Waals surface area (Å²) in [5.74, 6) is -0.848. The van der Waals surface area contributed by atoms with E-state index in [9.17, 15) is 14.7 Å². The average Bonchev–Trinajstić information content (AvgIpc) is 3.31. The monoisotopic (exact) mass is 398 g/mol. The van der Waals surface area contributed by atoms with Gasteiger partial charge in [-0.2, -0.15) is 0 Å². The van der Waals surface area contributed by atoms with Gasteiger partial charge in [-0.3, -0.25) is 9.59 Å². The molecule has 1 amide bonds. The molecule has 0 radical (unpaired) electrons. The normalized spacial score (nSPS) is 16.8. The van der Waals surface area contributed by atoms with Crippen LogP contribution in [0.3, 0.4) is 0 Å². The number of hydrogen-bond acceptors (Lipinski definition) is 6. The highest BCUT2D eigenvalue weighted by atomic mass is 16.5. The van der Waals surface area contributed by atoms with Gasteiger partial charge in [-0.1, -0.05) is 12.1 Å². The molecule has 1 atom stereocenters. The first-order chi connectivity index (χ1) is 13.9. The molecule has 1 aliphatic heterocycles. The van der Waals surface area contributed by atoms with Crippen LogP contribution < -0.4 is 4.74 Å². The lowest BCUT2D eigenvalue weighted by Gasteiger charge is -2.27. The van der Waals surface area contributed by atoms with Gasteiger partial charge in [0.25, 0.3) is 5.91 Å². The predicted octanol–water partition coefficient (Wildman–Crippen LogP) is 3.21. The van der Waals surface area contributed by atoms with Crippen LogP contribution in [0.25, 0.3) is 0 Å². The van der Waals surface area contributed by atoms with E-state index in [1.54, 1.807) is 17.0 Å². The van der Waals surface area contributed by atoms with Gasteiger partial charge in [-0.25, -0.2) is 0 Å². The van der Waals surface area contributed by atoms with Crippen molar-refractivity contribution in [3.8, 4) is 5.75 Å². The molecule has 29 heavy (non-hydrogen) atoms. The summed E-state index contributed by atoms with van der Waals surface area (Å²) in [7, 11) is 3.91. The number of aliphatic hydroxyl groups excluding tert-OH is 1. The molecule has 1 aromatic carbocycles. The average molecular weight is 398 g/mol. The fourth-order valence-corrected chi connectivity index (χ4v) is 3.50. The highest BCUT2D eigenvalue weighted by Crippen LogP contribution is 2.40. The molecule has 0 aliphatic carbocycles. The molecule has 2 aromatic rings. The summed E-state index contributed by atoms with van der Waals surface area (Å²) in [6.07, 6.45) is 2.09. The van der Waals surface area contributed by atoms with E-state index in [0.29, 0.717) is 30.9 Å². The predicted molar refractivity (Wildman–Crippen MR) is 108 cm³/mol. The Bertz CT molecular complexity index is 902. The van der Waals surface area contributed by atoms with E-state index in [-0.39, 0.29) is 11.3 Å². The van der Waals surface area contributed by atoms with Crippen LogP contribution in [-0.4, -0.2) is 60.4 Å². The topological polar surface area (TPSA) is 83.2 Å². The molecule has 7 heteroatoms. The van der Waals surface area contributed by atoms with Crippen LogP contribution in [0.15, 0.2) is 58.4 Å². The van der Waals surface area contributed by atoms with Gasteiger partial charge < -0.3 is 24.1 Å². The molecule has 0 bridgehead atoms. The Morgan fingerprint density at radius 3 is 2.72 bits per heavy atom. The minimum absolute atomic E-state index is 0.0310. The summed E-state index contributed by atoms with van der Waals surface area (Å²) in [5.41, 5.74) is 0.733. The second-order valence-corrected chi connectivity index (χ2v) is 7.13. The second-order valence-electron chi connectivity index (χ2n) is 7.13. The van der Waals surface area contributed by atoms with Crippen LogP contribution in [0.4, 0.5) is 0 Å². The Morgan fingerprint density at radius 1 is 1.28 bits per heavy atom. The number of furan rings is 1. The first-order valence-corrected chi connectivity index (χ1v) is 9.63. The van der Waals surface area contributed by atoms with Crippen LogP contribution >= 0.6 is 0 Å². The SMILES string of the molecule is CCOc1cccc(C2C(C(=O)c3ccco3)=C(O)C(=O)N2CCCN(C)C)c1. The molecule has 0 saturated heterocycles. The molecule has 1 aliphatic rings. The molecule has 0 saturated carbocycles. The molecule has 1 unspecified atom stereocenters. The van der Waals surface area contributed by atoms with Gasteiger partial charge in [0, 0.05) is 6.54 Å². The minimum atomic E-state index is -0.706. The van der Waals surface area contributed by atoms with Crippen molar-refractivity contribution in [2.75, 3.05) is 33.8 Å². The van der Waals surface area contributed by atoms with E-state index >= 15 is 0 Å². The maximum atomic E-state index is 13.1. The van der Waals surface area contributed by atoms with Crippen molar-refractivity contribution in [2.45, 2.75) is 19.4 Å². The molecular weight excluding hydrogens is 372 g/mol. The number of ketones is 1. The van der Waals surface area contributed by atoms with Gasteiger partial charge in [0.05, 0.1) is 24.5 Å². The van der Waals surface area contributed by atoms with Gasteiger partial charge in [0.1, 0.15) is 5.75 Å². The van der Waals surface area contributed by atoms with Gasteiger partial charge in [-0.15, -0.1) is 0 Å². The zero-order chi connectivity index (χ0) is 21.0. The summed E-state index contributed by atoms with van der Waals surface area (Å²) in [4.78, 5) is 29.5. The van der Waals surface area contributed by atoms with Gasteiger partial charge >= 0.3 is 0 Å². The first kappa shape index (κ1) is 20.7. The van der Waals surface area contributed by atoms with E-state index in [1.165, 1.54) is 12.3 Å². The summed E-state index contributed by atoms with van der Waals surface area (Å²) < 4.78 is 10.8. The highest BCUT2D eigenvalue weighted by molar-refractivity contribution is 6.15. The van der Waals surface area contributed by atoms with Gasteiger partial charge in [0.15, 0.2) is 11.5 Å². The number of Topliss-reactive ketones (excluding diaryl/α,β-unsaturated/α-hetero) is 1. The maximum Gasteiger partial charge on any atom is 0.290 e. The quantitative estimate of drug-likeness (QED) is 0.653. The maximum absolute atomic E-state index is 13.1. The summed E-state index contributed by atoms with van der Waals surface area (Å²) in [5, 5.41) is 10.6. The van der Waals surface area contributed by atoms with Gasteiger partial charge in [-0.05, 0) is 63.8 Å². The third-order valence-electron chi connectivity index (χ3n) is 4.78. The van der Waals surface area contributed by atoms with Crippen LogP contribution in [0.1, 0.15) is 35.5 Å². The largest absolute Gasteiger partial charge is 0.503 e. The van der Waals surface area contributed by atoms with Crippen molar-refractivity contribution >= 4 is 11.7 Å². The molecule has 0 spiro atoms. The number of carbonyl (C=O) groups excluding carboxylic acids is 2. The van der Waals surface area contributed by atoms with Crippen molar-refractivity contribution in [3.05, 3.63) is 65.3 Å². The van der Waals surface area contributed by atoms with E-state index in [0.717, 1.165) is 6.54 Å². The molecule has 7 nitrogen and oxygen atoms in total. The number of aliphatic hydroxyl groups is 1. The molecule has 154 valence electrons. The minimum Gasteiger partial charge on any atom is -0.503 e. The Morgan fingerprint density at radius 2 is 2.07 bits per heavy atom. The number of benzene rings is 1. The summed E-state index contributed by atoms with van der Waals surface area (Å²) in [6, 6.07) is 9.67. The molecule has 1 aromatic heterocycles. The summed E-state index contributed by atoms with van der Waals surface area (Å²) in [6.45, 7) is 3.56. The van der Waals surface area contributed by atoms with Crippen molar-refractivity contribution in [2.24, 2.45) is 0 Å². The van der Waals surface area contributed by atoms with Crippen molar-refractivity contribution in [3.63, 3.8) is 0 Å². The standard InChI is InChI=1S/C22H26N2O5/c1-4-28-16-9-5-8-15(14-16)19-18(20(25)17-10-6-13-29-17)21(26)22(27)24(19)12-7-11-23(2)3/h5-6,8-10,13-14,19,26H,4,7,11-12H2,1-3H3. The molecular formula is C22H26N2O5. The lowest BCUT2D eigenvalue weighted by atomic mass is 9.95. The van der Waals surface area contributed by atoms with Crippen LogP contribution in [0.2, 0.25) is 0 Å². The zero-order valence-electron chi connectivity index (χ0n) is 16.9. The Labute approximate surface area is 170 Å². The Hall–Kier alpha value is -3.06. The third-order valence-corrected chi connectivity index (χ3v) is 4.78. The van der Waals surface area contributed by atoms with Gasteiger partial charge in [0.2, 0.25) is 5.78 Å². The molecule has 2 heterocycles. The number of hydrogen-bond donors (Lipinski definition) is 1. The second kappa shape index (κ2) is 8.96. The number of carbonyl (C=O) groups is 2. The van der Waals surface area contributed by atoms with E-state index in [1.807, 2.05) is 44.1 Å². The van der Waals surface area contributed by atoms with Crippen molar-refractivity contribution in [1.82, 2.24) is 9.80 Å². The fraction of sp³-hybridized carbons (Fsp3) is 0.364. The van der Waals surface area contributed by atoms with E-state index in [2.05, 4.69) is 0 Å².